The van der Waals surface area contributed by atoms with Crippen LogP contribution in [0.15, 0.2) is 23.3 Å². The fourth-order valence-electron chi connectivity index (χ4n) is 8.29. The van der Waals surface area contributed by atoms with Crippen LogP contribution in [0.25, 0.3) is 0 Å². The molecule has 2 aliphatic heterocycles. The molecule has 0 bridgehead atoms. The molecule has 2 saturated heterocycles. The maximum absolute atomic E-state index is 6.15. The molecular weight excluding hydrogens is 364 g/mol. The normalized spacial score (nSPS) is 47.3. The summed E-state index contributed by atoms with van der Waals surface area (Å²) >= 11 is 0. The molecular formula is C25H36O4. The number of hydrogen-bond donors (Lipinski definition) is 0. The molecule has 0 aromatic carbocycles. The zero-order valence-corrected chi connectivity index (χ0v) is 18.3. The van der Waals surface area contributed by atoms with Gasteiger partial charge in [-0.15, -0.1) is 0 Å². The standard InChI is InChI=1S/C25H36O4/c1-22-10-11-25(28-14-15-29-25)16-17(22)4-5-18-19-6-7-21(24(3)26-12-13-27-24)23(19,2)9-8-20(18)22/h4-5,19-21H,6-16H2,1-3H3/t19?,20?,21?,22-,23-/m0/s1. The van der Waals surface area contributed by atoms with Gasteiger partial charge in [-0.05, 0) is 61.7 Å². The summed E-state index contributed by atoms with van der Waals surface area (Å²) in [7, 11) is 0. The molecule has 0 aromatic heterocycles. The van der Waals surface area contributed by atoms with Crippen LogP contribution in [0.3, 0.4) is 0 Å². The van der Waals surface area contributed by atoms with E-state index in [1.54, 1.807) is 11.1 Å². The van der Waals surface area contributed by atoms with Crippen molar-refractivity contribution in [3.8, 4) is 0 Å². The number of fused-ring (bicyclic) bond motifs is 5. The van der Waals surface area contributed by atoms with E-state index in [1.807, 2.05) is 0 Å². The molecule has 5 atom stereocenters. The third kappa shape index (κ3) is 2.52. The first kappa shape index (κ1) is 19.0. The summed E-state index contributed by atoms with van der Waals surface area (Å²) in [5.74, 6) is 1.13. The van der Waals surface area contributed by atoms with Gasteiger partial charge in [-0.25, -0.2) is 0 Å². The van der Waals surface area contributed by atoms with Crippen molar-refractivity contribution in [2.45, 2.75) is 77.3 Å². The highest BCUT2D eigenvalue weighted by Gasteiger charge is 2.62. The van der Waals surface area contributed by atoms with Gasteiger partial charge in [0, 0.05) is 18.8 Å². The van der Waals surface area contributed by atoms with Gasteiger partial charge in [-0.1, -0.05) is 37.1 Å². The van der Waals surface area contributed by atoms with Crippen LogP contribution in [0.2, 0.25) is 0 Å². The zero-order valence-electron chi connectivity index (χ0n) is 18.3. The molecule has 4 aliphatic carbocycles. The Morgan fingerprint density at radius 3 is 2.24 bits per heavy atom. The Kier molecular flexibility index (Phi) is 4.06. The number of allylic oxidation sites excluding steroid dienone is 3. The van der Waals surface area contributed by atoms with Crippen molar-refractivity contribution in [2.24, 2.45) is 28.6 Å². The summed E-state index contributed by atoms with van der Waals surface area (Å²) in [4.78, 5) is 0. The third-order valence-corrected chi connectivity index (χ3v) is 9.88. The molecule has 0 aromatic rings. The van der Waals surface area contributed by atoms with Gasteiger partial charge in [-0.3, -0.25) is 0 Å². The van der Waals surface area contributed by atoms with E-state index in [4.69, 9.17) is 18.9 Å². The third-order valence-electron chi connectivity index (χ3n) is 9.88. The van der Waals surface area contributed by atoms with Crippen molar-refractivity contribution in [2.75, 3.05) is 26.4 Å². The monoisotopic (exact) mass is 400 g/mol. The Hall–Kier alpha value is -0.680. The minimum absolute atomic E-state index is 0.272. The minimum Gasteiger partial charge on any atom is -0.348 e. The van der Waals surface area contributed by atoms with E-state index in [2.05, 4.69) is 32.9 Å². The molecule has 6 aliphatic rings. The van der Waals surface area contributed by atoms with Gasteiger partial charge >= 0.3 is 0 Å². The number of hydrogen-bond acceptors (Lipinski definition) is 4. The lowest BCUT2D eigenvalue weighted by atomic mass is 9.50. The van der Waals surface area contributed by atoms with Crippen molar-refractivity contribution in [3.63, 3.8) is 0 Å². The van der Waals surface area contributed by atoms with Crippen LogP contribution in [0.5, 0.6) is 0 Å². The second kappa shape index (κ2) is 6.18. The van der Waals surface area contributed by atoms with E-state index in [-0.39, 0.29) is 22.4 Å². The van der Waals surface area contributed by atoms with Crippen LogP contribution >= 0.6 is 0 Å². The molecule has 4 nitrogen and oxygen atoms in total. The lowest BCUT2D eigenvalue weighted by Gasteiger charge is -2.56. The fraction of sp³-hybridized carbons (Fsp3) is 0.840. The van der Waals surface area contributed by atoms with Crippen LogP contribution in [0.1, 0.15) is 65.7 Å². The maximum Gasteiger partial charge on any atom is 0.172 e. The van der Waals surface area contributed by atoms with E-state index >= 15 is 0 Å². The van der Waals surface area contributed by atoms with Gasteiger partial charge in [-0.2, -0.15) is 0 Å². The predicted octanol–water partition coefficient (Wildman–Crippen LogP) is 4.99. The van der Waals surface area contributed by atoms with E-state index in [0.717, 1.165) is 39.3 Å². The van der Waals surface area contributed by atoms with E-state index in [0.29, 0.717) is 17.8 Å². The first-order chi connectivity index (χ1) is 13.9. The van der Waals surface area contributed by atoms with Crippen LogP contribution in [-0.2, 0) is 18.9 Å². The quantitative estimate of drug-likeness (QED) is 0.621. The topological polar surface area (TPSA) is 36.9 Å². The van der Waals surface area contributed by atoms with Crippen molar-refractivity contribution >= 4 is 0 Å². The van der Waals surface area contributed by atoms with Gasteiger partial charge < -0.3 is 18.9 Å². The molecule has 3 saturated carbocycles. The molecule has 5 fully saturated rings. The van der Waals surface area contributed by atoms with Crippen molar-refractivity contribution in [3.05, 3.63) is 23.3 Å². The molecule has 0 amide bonds. The predicted molar refractivity (Wildman–Crippen MR) is 110 cm³/mol. The first-order valence-corrected chi connectivity index (χ1v) is 11.9. The van der Waals surface area contributed by atoms with Gasteiger partial charge in [0.25, 0.3) is 0 Å². The summed E-state index contributed by atoms with van der Waals surface area (Å²) in [6, 6.07) is 0. The Morgan fingerprint density at radius 2 is 1.48 bits per heavy atom. The molecule has 3 unspecified atom stereocenters. The fourth-order valence-corrected chi connectivity index (χ4v) is 8.29. The van der Waals surface area contributed by atoms with Crippen LogP contribution < -0.4 is 0 Å². The van der Waals surface area contributed by atoms with Gasteiger partial charge in [0.15, 0.2) is 11.6 Å². The SMILES string of the molecule is CC1(C2CCC3C4=CC=C5CC6(CC[C@]5(C)C4CC[C@@]32C)OCCO6)OCCO1. The highest BCUT2D eigenvalue weighted by Crippen LogP contribution is 2.67. The Balaban J connectivity index is 1.33. The first-order valence-electron chi connectivity index (χ1n) is 11.9. The zero-order chi connectivity index (χ0) is 19.9. The summed E-state index contributed by atoms with van der Waals surface area (Å²) in [6.45, 7) is 10.2. The average molecular weight is 401 g/mol. The lowest BCUT2D eigenvalue weighted by molar-refractivity contribution is -0.208. The molecule has 4 heteroatoms. The summed E-state index contributed by atoms with van der Waals surface area (Å²) < 4.78 is 24.4. The largest absolute Gasteiger partial charge is 0.348 e. The second-order valence-electron chi connectivity index (χ2n) is 11.1. The number of ether oxygens (including phenoxy) is 4. The average Bonchev–Trinajstić information content (AvgIpc) is 3.42. The van der Waals surface area contributed by atoms with E-state index in [9.17, 15) is 0 Å². The molecule has 160 valence electrons. The van der Waals surface area contributed by atoms with E-state index < -0.39 is 0 Å². The van der Waals surface area contributed by atoms with Gasteiger partial charge in [0.05, 0.1) is 26.4 Å². The van der Waals surface area contributed by atoms with Crippen molar-refractivity contribution < 1.29 is 18.9 Å². The Bertz CT molecular complexity index is 757. The highest BCUT2D eigenvalue weighted by atomic mass is 16.7. The molecule has 29 heavy (non-hydrogen) atoms. The molecule has 6 rings (SSSR count). The highest BCUT2D eigenvalue weighted by molar-refractivity contribution is 5.39. The molecule has 0 radical (unpaired) electrons. The lowest BCUT2D eigenvalue weighted by Crippen LogP contribution is -2.51. The summed E-state index contributed by atoms with van der Waals surface area (Å²) in [5.41, 5.74) is 3.84. The van der Waals surface area contributed by atoms with E-state index in [1.165, 1.54) is 32.1 Å². The second-order valence-corrected chi connectivity index (χ2v) is 11.1. The molecule has 2 heterocycles. The Labute approximate surface area is 175 Å². The van der Waals surface area contributed by atoms with Crippen molar-refractivity contribution in [1.29, 1.82) is 0 Å². The summed E-state index contributed by atoms with van der Waals surface area (Å²) in [6.07, 6.45) is 13.2. The molecule has 0 N–H and O–H groups in total. The number of rotatable bonds is 1. The van der Waals surface area contributed by atoms with Gasteiger partial charge in [0.2, 0.25) is 0 Å². The van der Waals surface area contributed by atoms with Crippen molar-refractivity contribution in [1.82, 2.24) is 0 Å². The van der Waals surface area contributed by atoms with Crippen LogP contribution in [-0.4, -0.2) is 38.0 Å². The minimum atomic E-state index is -0.384. The maximum atomic E-state index is 6.15. The van der Waals surface area contributed by atoms with Crippen LogP contribution in [0.4, 0.5) is 0 Å². The Morgan fingerprint density at radius 1 is 0.759 bits per heavy atom. The van der Waals surface area contributed by atoms with Crippen LogP contribution in [0, 0.1) is 28.6 Å². The smallest absolute Gasteiger partial charge is 0.172 e. The molecule has 1 spiro atoms. The van der Waals surface area contributed by atoms with Gasteiger partial charge in [0.1, 0.15) is 0 Å². The summed E-state index contributed by atoms with van der Waals surface area (Å²) in [5, 5.41) is 0.